The van der Waals surface area contributed by atoms with Gasteiger partial charge in [-0.25, -0.2) is 0 Å². The van der Waals surface area contributed by atoms with Gasteiger partial charge in [0.1, 0.15) is 17.4 Å². The van der Waals surface area contributed by atoms with E-state index in [2.05, 4.69) is 0 Å². The molecular formula is C24H28N2O8. The van der Waals surface area contributed by atoms with Crippen molar-refractivity contribution < 1.29 is 39.6 Å². The lowest BCUT2D eigenvalue weighted by Crippen LogP contribution is -2.73. The molecule has 0 aromatic heterocycles. The topological polar surface area (TPSA) is 178 Å². The van der Waals surface area contributed by atoms with Crippen LogP contribution in [0, 0.1) is 24.7 Å². The van der Waals surface area contributed by atoms with Gasteiger partial charge in [0.25, 0.3) is 0 Å². The summed E-state index contributed by atoms with van der Waals surface area (Å²) in [7, 11) is 3.17. The van der Waals surface area contributed by atoms with Crippen molar-refractivity contribution in [2.75, 3.05) is 14.1 Å². The van der Waals surface area contributed by atoms with E-state index in [1.807, 2.05) is 0 Å². The van der Waals surface area contributed by atoms with Gasteiger partial charge in [-0.1, -0.05) is 0 Å². The van der Waals surface area contributed by atoms with Crippen molar-refractivity contribution in [3.05, 3.63) is 33.9 Å². The van der Waals surface area contributed by atoms with E-state index >= 15 is 0 Å². The van der Waals surface area contributed by atoms with Crippen LogP contribution < -0.4 is 5.73 Å². The van der Waals surface area contributed by atoms with Crippen LogP contribution >= 0.6 is 0 Å². The van der Waals surface area contributed by atoms with Gasteiger partial charge in [-0.2, -0.15) is 0 Å². The highest BCUT2D eigenvalue weighted by molar-refractivity contribution is 6.25. The van der Waals surface area contributed by atoms with Crippen molar-refractivity contribution in [2.45, 2.75) is 44.4 Å². The summed E-state index contributed by atoms with van der Waals surface area (Å²) in [4.78, 5) is 52.8. The monoisotopic (exact) mass is 472 g/mol. The molecule has 6 atom stereocenters. The van der Waals surface area contributed by atoms with Crippen LogP contribution in [0.15, 0.2) is 11.6 Å². The smallest absolute Gasteiger partial charge is 0.230 e. The number of fused-ring (bicyclic) bond motifs is 3. The van der Waals surface area contributed by atoms with Crippen molar-refractivity contribution in [1.82, 2.24) is 4.90 Å². The Morgan fingerprint density at radius 3 is 2.35 bits per heavy atom. The van der Waals surface area contributed by atoms with Crippen LogP contribution in [0.5, 0.6) is 5.75 Å². The fourth-order valence-corrected chi connectivity index (χ4v) is 6.12. The van der Waals surface area contributed by atoms with E-state index < -0.39 is 58.7 Å². The molecule has 0 bridgehead atoms. The van der Waals surface area contributed by atoms with Gasteiger partial charge in [-0.15, -0.1) is 0 Å². The van der Waals surface area contributed by atoms with E-state index in [-0.39, 0.29) is 35.5 Å². The standard InChI is InChI=1S/C24H28N2O8/c1-8-5-11(9(2)27)12-6-10-7-13-17(26(3)4)20(30)16(23(25)33)22(32)24(13,34)21(31)14(10)19(29)15(12)18(8)28/h5,10,13,16-17,20,28-30,34H,6-7H2,1-4H3,(H2,25,33)/t10-,13-,16?,17-,20?,24-/m1/s1. The van der Waals surface area contributed by atoms with Gasteiger partial charge in [-0.3, -0.25) is 19.2 Å². The Balaban J connectivity index is 1.97. The lowest BCUT2D eigenvalue weighted by atomic mass is 9.54. The van der Waals surface area contributed by atoms with Crippen LogP contribution in [0.25, 0.3) is 5.76 Å². The molecule has 1 aromatic carbocycles. The molecular weight excluding hydrogens is 444 g/mol. The molecule has 182 valence electrons. The maximum Gasteiger partial charge on any atom is 0.230 e. The number of hydrogen-bond donors (Lipinski definition) is 5. The van der Waals surface area contributed by atoms with Crippen molar-refractivity contribution in [3.63, 3.8) is 0 Å². The summed E-state index contributed by atoms with van der Waals surface area (Å²) >= 11 is 0. The van der Waals surface area contributed by atoms with Crippen LogP contribution in [-0.4, -0.2) is 80.4 Å². The number of carbonyl (C=O) groups is 4. The minimum atomic E-state index is -2.70. The van der Waals surface area contributed by atoms with E-state index in [0.717, 1.165) is 0 Å². The number of phenols is 1. The Kier molecular flexibility index (Phi) is 5.47. The average molecular weight is 472 g/mol. The number of hydrogen-bond acceptors (Lipinski definition) is 9. The molecule has 10 heteroatoms. The van der Waals surface area contributed by atoms with E-state index in [1.165, 1.54) is 17.9 Å². The molecule has 1 aromatic rings. The molecule has 4 rings (SSSR count). The quantitative estimate of drug-likeness (QED) is 0.290. The first-order valence-corrected chi connectivity index (χ1v) is 11.0. The van der Waals surface area contributed by atoms with Gasteiger partial charge in [0, 0.05) is 23.1 Å². The molecule has 0 heterocycles. The Morgan fingerprint density at radius 2 is 1.82 bits per heavy atom. The molecule has 0 spiro atoms. The second kappa shape index (κ2) is 7.72. The first-order valence-electron chi connectivity index (χ1n) is 11.0. The van der Waals surface area contributed by atoms with E-state index in [9.17, 15) is 39.6 Å². The van der Waals surface area contributed by atoms with E-state index in [4.69, 9.17) is 5.73 Å². The number of ketones is 3. The van der Waals surface area contributed by atoms with Gasteiger partial charge in [-0.05, 0) is 63.9 Å². The van der Waals surface area contributed by atoms with Crippen LogP contribution in [0.1, 0.15) is 40.4 Å². The van der Waals surface area contributed by atoms with Gasteiger partial charge in [0.05, 0.1) is 11.7 Å². The number of benzene rings is 1. The van der Waals surface area contributed by atoms with Gasteiger partial charge < -0.3 is 31.1 Å². The highest BCUT2D eigenvalue weighted by Gasteiger charge is 2.67. The molecule has 2 saturated carbocycles. The number of likely N-dealkylation sites (N-methyl/N-ethyl adjacent to an activating group) is 1. The third-order valence-corrected chi connectivity index (χ3v) is 7.66. The number of primary amides is 1. The number of aromatic hydroxyl groups is 1. The third kappa shape index (κ3) is 2.98. The van der Waals surface area contributed by atoms with Crippen LogP contribution in [0.4, 0.5) is 0 Å². The van der Waals surface area contributed by atoms with Gasteiger partial charge in [0.15, 0.2) is 17.2 Å². The molecule has 0 saturated heterocycles. The van der Waals surface area contributed by atoms with E-state index in [1.54, 1.807) is 21.0 Å². The molecule has 10 nitrogen and oxygen atoms in total. The lowest BCUT2D eigenvalue weighted by molar-refractivity contribution is -0.184. The highest BCUT2D eigenvalue weighted by Crippen LogP contribution is 2.52. The fourth-order valence-electron chi connectivity index (χ4n) is 6.12. The molecule has 3 aliphatic rings. The molecule has 0 radical (unpaired) electrons. The Hall–Kier alpha value is -3.08. The normalized spacial score (nSPS) is 32.9. The minimum Gasteiger partial charge on any atom is -0.507 e. The molecule has 2 fully saturated rings. The number of phenolic OH excluding ortho intramolecular Hbond substituents is 1. The number of aliphatic hydroxyl groups is 3. The summed E-state index contributed by atoms with van der Waals surface area (Å²) in [5, 5.41) is 44.2. The fraction of sp³-hybridized carbons (Fsp3) is 0.500. The largest absolute Gasteiger partial charge is 0.507 e. The first-order chi connectivity index (χ1) is 15.7. The molecule has 2 unspecified atom stereocenters. The zero-order valence-electron chi connectivity index (χ0n) is 19.3. The Morgan fingerprint density at radius 1 is 1.21 bits per heavy atom. The van der Waals surface area contributed by atoms with Crippen LogP contribution in [0.3, 0.4) is 0 Å². The molecule has 34 heavy (non-hydrogen) atoms. The molecule has 3 aliphatic carbocycles. The molecule has 1 amide bonds. The zero-order valence-corrected chi connectivity index (χ0v) is 19.3. The van der Waals surface area contributed by atoms with Crippen molar-refractivity contribution in [1.29, 1.82) is 0 Å². The Labute approximate surface area is 195 Å². The molecule has 6 N–H and O–H groups in total. The number of nitrogens with two attached hydrogens (primary N) is 1. The SMILES string of the molecule is CC(=O)c1cc(C)c(O)c2c1C[C@@H]1C[C@@H]3[C@@H](N(C)C)C(O)C(C(N)=O)C(=O)[C@]3(O)C(=O)C1=C2O. The summed E-state index contributed by atoms with van der Waals surface area (Å²) in [6.45, 7) is 2.90. The maximum absolute atomic E-state index is 13.7. The molecule has 0 aliphatic heterocycles. The minimum absolute atomic E-state index is 0.00415. The summed E-state index contributed by atoms with van der Waals surface area (Å²) in [5.74, 6) is -8.27. The van der Waals surface area contributed by atoms with Crippen molar-refractivity contribution in [2.24, 2.45) is 23.5 Å². The average Bonchev–Trinajstić information content (AvgIpc) is 2.72. The number of rotatable bonds is 3. The van der Waals surface area contributed by atoms with E-state index in [0.29, 0.717) is 16.7 Å². The second-order valence-electron chi connectivity index (χ2n) is 9.79. The number of nitrogens with zero attached hydrogens (tertiary/aromatic N) is 1. The summed E-state index contributed by atoms with van der Waals surface area (Å²) in [6.07, 6.45) is -1.45. The number of Topliss-reactive ketones (excluding diaryl/α,β-unsaturated/α-hetero) is 3. The summed E-state index contributed by atoms with van der Waals surface area (Å²) in [5.41, 5.74) is 3.31. The third-order valence-electron chi connectivity index (χ3n) is 7.66. The predicted octanol–water partition coefficient (Wildman–Crippen LogP) is -0.360. The lowest BCUT2D eigenvalue weighted by Gasteiger charge is -2.53. The maximum atomic E-state index is 13.7. The number of aliphatic hydroxyl groups excluding tert-OH is 2. The summed E-state index contributed by atoms with van der Waals surface area (Å²) in [6, 6.07) is 0.553. The highest BCUT2D eigenvalue weighted by atomic mass is 16.3. The van der Waals surface area contributed by atoms with Gasteiger partial charge >= 0.3 is 0 Å². The van der Waals surface area contributed by atoms with Gasteiger partial charge in [0.2, 0.25) is 11.7 Å². The van der Waals surface area contributed by atoms with Crippen molar-refractivity contribution in [3.8, 4) is 5.75 Å². The van der Waals surface area contributed by atoms with Crippen LogP contribution in [0.2, 0.25) is 0 Å². The predicted molar refractivity (Wildman–Crippen MR) is 119 cm³/mol. The number of amides is 1. The number of carbonyl (C=O) groups excluding carboxylic acids is 4. The second-order valence-corrected chi connectivity index (χ2v) is 9.79. The Bertz CT molecular complexity index is 1190. The summed E-state index contributed by atoms with van der Waals surface area (Å²) < 4.78 is 0. The zero-order chi connectivity index (χ0) is 25.4. The van der Waals surface area contributed by atoms with Crippen LogP contribution in [-0.2, 0) is 20.8 Å². The number of aryl methyl sites for hydroxylation is 1. The first kappa shape index (κ1) is 24.1. The van der Waals surface area contributed by atoms with Crippen molar-refractivity contribution >= 4 is 29.0 Å².